The van der Waals surface area contributed by atoms with Gasteiger partial charge in [-0.25, -0.2) is 0 Å². The first-order valence-corrected chi connectivity index (χ1v) is 6.14. The first-order chi connectivity index (χ1) is 9.06. The van der Waals surface area contributed by atoms with E-state index in [1.807, 2.05) is 6.92 Å². The van der Waals surface area contributed by atoms with Gasteiger partial charge in [0.2, 0.25) is 5.91 Å². The Morgan fingerprint density at radius 1 is 1.11 bits per heavy atom. The van der Waals surface area contributed by atoms with Crippen LogP contribution in [0, 0.1) is 0 Å². The Morgan fingerprint density at radius 2 is 1.74 bits per heavy atom. The summed E-state index contributed by atoms with van der Waals surface area (Å²) in [5.41, 5.74) is 3.23. The minimum atomic E-state index is -0.137. The van der Waals surface area contributed by atoms with E-state index >= 15 is 0 Å². The summed E-state index contributed by atoms with van der Waals surface area (Å²) in [6.45, 7) is 4.84. The van der Waals surface area contributed by atoms with Crippen LogP contribution in [0.2, 0.25) is 0 Å². The molecule has 19 heavy (non-hydrogen) atoms. The zero-order valence-electron chi connectivity index (χ0n) is 11.0. The molecule has 0 bridgehead atoms. The van der Waals surface area contributed by atoms with Crippen molar-refractivity contribution in [1.29, 1.82) is 0 Å². The normalized spacial score (nSPS) is 13.5. The number of hydrogen-bond donors (Lipinski definition) is 3. The van der Waals surface area contributed by atoms with Crippen LogP contribution < -0.4 is 16.0 Å². The molecule has 0 saturated carbocycles. The molecule has 2 amide bonds. The number of amides is 2. The smallest absolute Gasteiger partial charge is 0.251 e. The molecule has 1 heterocycles. The highest BCUT2D eigenvalue weighted by atomic mass is 16.2. The van der Waals surface area contributed by atoms with Gasteiger partial charge in [-0.3, -0.25) is 9.59 Å². The molecule has 1 aromatic rings. The van der Waals surface area contributed by atoms with Crippen LogP contribution in [0.3, 0.4) is 0 Å². The van der Waals surface area contributed by atoms with Crippen molar-refractivity contribution in [3.63, 3.8) is 0 Å². The molecule has 3 N–H and O–H groups in total. The van der Waals surface area contributed by atoms with Crippen LogP contribution in [-0.4, -0.2) is 24.9 Å². The summed E-state index contributed by atoms with van der Waals surface area (Å²) in [6, 6.07) is 7.09. The Balaban J connectivity index is 2.06. The third-order valence-electron chi connectivity index (χ3n) is 2.99. The van der Waals surface area contributed by atoms with E-state index in [2.05, 4.69) is 16.0 Å². The number of carbonyl (C=O) groups excluding carboxylic acids is 2. The maximum atomic E-state index is 12.0. The Bertz CT molecular complexity index is 543. The maximum absolute atomic E-state index is 12.0. The van der Waals surface area contributed by atoms with Crippen molar-refractivity contribution < 1.29 is 9.59 Å². The highest BCUT2D eigenvalue weighted by Gasteiger charge is 2.16. The Hall–Kier alpha value is -2.14. The number of anilines is 2. The zero-order valence-corrected chi connectivity index (χ0v) is 11.0. The van der Waals surface area contributed by atoms with Crippen LogP contribution in [0.15, 0.2) is 35.4 Å². The molecule has 1 fully saturated rings. The van der Waals surface area contributed by atoms with E-state index in [9.17, 15) is 9.59 Å². The average molecular weight is 259 g/mol. The van der Waals surface area contributed by atoms with Crippen molar-refractivity contribution in [2.45, 2.75) is 13.8 Å². The second-order valence-corrected chi connectivity index (χ2v) is 4.55. The van der Waals surface area contributed by atoms with E-state index in [0.717, 1.165) is 24.2 Å². The molecular weight excluding hydrogens is 242 g/mol. The molecule has 5 heteroatoms. The zero-order chi connectivity index (χ0) is 13.8. The van der Waals surface area contributed by atoms with Gasteiger partial charge >= 0.3 is 0 Å². The van der Waals surface area contributed by atoms with Gasteiger partial charge in [0.05, 0.1) is 0 Å². The summed E-state index contributed by atoms with van der Waals surface area (Å²) >= 11 is 0. The molecule has 0 spiro atoms. The lowest BCUT2D eigenvalue weighted by Crippen LogP contribution is -2.36. The van der Waals surface area contributed by atoms with Crippen molar-refractivity contribution in [3.05, 3.63) is 35.4 Å². The quantitative estimate of drug-likeness (QED) is 0.720. The van der Waals surface area contributed by atoms with Crippen LogP contribution >= 0.6 is 0 Å². The summed E-state index contributed by atoms with van der Waals surface area (Å²) < 4.78 is 0. The number of benzene rings is 1. The number of nitrogens with one attached hydrogen (secondary N) is 3. The standard InChI is InChI=1S/C14H17N3O2/c1-9(11-7-15-8-11)14(19)17-13-5-3-4-12(6-13)16-10(2)18/h3-6,15H,7-8H2,1-2H3,(H,16,18)(H,17,19). The fourth-order valence-corrected chi connectivity index (χ4v) is 1.78. The predicted molar refractivity (Wildman–Crippen MR) is 74.9 cm³/mol. The van der Waals surface area contributed by atoms with E-state index in [0.29, 0.717) is 11.4 Å². The second-order valence-electron chi connectivity index (χ2n) is 4.55. The third-order valence-corrected chi connectivity index (χ3v) is 2.99. The Morgan fingerprint density at radius 3 is 2.26 bits per heavy atom. The molecule has 0 radical (unpaired) electrons. The van der Waals surface area contributed by atoms with E-state index < -0.39 is 0 Å². The fourth-order valence-electron chi connectivity index (χ4n) is 1.78. The van der Waals surface area contributed by atoms with E-state index in [1.54, 1.807) is 24.3 Å². The lowest BCUT2D eigenvalue weighted by molar-refractivity contribution is -0.114. The first kappa shape index (κ1) is 13.3. The largest absolute Gasteiger partial charge is 0.326 e. The lowest BCUT2D eigenvalue weighted by atomic mass is 10.0. The van der Waals surface area contributed by atoms with Crippen molar-refractivity contribution in [2.24, 2.45) is 0 Å². The lowest BCUT2D eigenvalue weighted by Gasteiger charge is -2.21. The van der Waals surface area contributed by atoms with Crippen molar-refractivity contribution in [2.75, 3.05) is 23.7 Å². The summed E-state index contributed by atoms with van der Waals surface area (Å²) in [7, 11) is 0. The van der Waals surface area contributed by atoms with E-state index in [-0.39, 0.29) is 11.8 Å². The molecule has 0 aliphatic carbocycles. The molecule has 1 aromatic carbocycles. The SMILES string of the molecule is CC(=O)Nc1cccc(NC(=O)C(C)=C2CNC2)c1. The minimum absolute atomic E-state index is 0.100. The van der Waals surface area contributed by atoms with Gasteiger partial charge in [0, 0.05) is 37.0 Å². The molecule has 0 atom stereocenters. The first-order valence-electron chi connectivity index (χ1n) is 6.14. The highest BCUT2D eigenvalue weighted by molar-refractivity contribution is 6.04. The topological polar surface area (TPSA) is 70.2 Å². The fraction of sp³-hybridized carbons (Fsp3) is 0.286. The Kier molecular flexibility index (Phi) is 3.97. The van der Waals surface area contributed by atoms with Crippen LogP contribution in [0.4, 0.5) is 11.4 Å². The average Bonchev–Trinajstić information content (AvgIpc) is 2.26. The third kappa shape index (κ3) is 3.42. The number of hydrogen-bond acceptors (Lipinski definition) is 3. The molecule has 2 rings (SSSR count). The van der Waals surface area contributed by atoms with Gasteiger partial charge in [-0.1, -0.05) is 6.07 Å². The predicted octanol–water partition coefficient (Wildman–Crippen LogP) is 1.50. The van der Waals surface area contributed by atoms with Crippen LogP contribution in [-0.2, 0) is 9.59 Å². The summed E-state index contributed by atoms with van der Waals surface area (Å²) in [4.78, 5) is 23.0. The molecule has 1 aliphatic rings. The van der Waals surface area contributed by atoms with E-state index in [1.165, 1.54) is 6.92 Å². The second kappa shape index (κ2) is 5.67. The van der Waals surface area contributed by atoms with Gasteiger partial charge in [-0.15, -0.1) is 0 Å². The summed E-state index contributed by atoms with van der Waals surface area (Å²) in [5.74, 6) is -0.237. The highest BCUT2D eigenvalue weighted by Crippen LogP contribution is 2.17. The molecular formula is C14H17N3O2. The monoisotopic (exact) mass is 259 g/mol. The van der Waals surface area contributed by atoms with Gasteiger partial charge in [0.1, 0.15) is 0 Å². The van der Waals surface area contributed by atoms with E-state index in [4.69, 9.17) is 0 Å². The molecule has 5 nitrogen and oxygen atoms in total. The molecule has 0 unspecified atom stereocenters. The van der Waals surface area contributed by atoms with Crippen molar-refractivity contribution in [3.8, 4) is 0 Å². The number of rotatable bonds is 3. The van der Waals surface area contributed by atoms with Gasteiger partial charge in [-0.05, 0) is 30.7 Å². The van der Waals surface area contributed by atoms with Gasteiger partial charge < -0.3 is 16.0 Å². The Labute approximate surface area is 112 Å². The van der Waals surface area contributed by atoms with Crippen LogP contribution in [0.25, 0.3) is 0 Å². The van der Waals surface area contributed by atoms with Gasteiger partial charge in [-0.2, -0.15) is 0 Å². The summed E-state index contributed by atoms with van der Waals surface area (Å²) in [5, 5.41) is 8.62. The maximum Gasteiger partial charge on any atom is 0.251 e. The van der Waals surface area contributed by atoms with Crippen LogP contribution in [0.5, 0.6) is 0 Å². The summed E-state index contributed by atoms with van der Waals surface area (Å²) in [6.07, 6.45) is 0. The van der Waals surface area contributed by atoms with Crippen molar-refractivity contribution in [1.82, 2.24) is 5.32 Å². The molecule has 100 valence electrons. The van der Waals surface area contributed by atoms with Gasteiger partial charge in [0.25, 0.3) is 5.91 Å². The molecule has 0 aromatic heterocycles. The van der Waals surface area contributed by atoms with Crippen LogP contribution in [0.1, 0.15) is 13.8 Å². The molecule has 1 saturated heterocycles. The van der Waals surface area contributed by atoms with Gasteiger partial charge in [0.15, 0.2) is 0 Å². The minimum Gasteiger partial charge on any atom is -0.326 e. The number of carbonyl (C=O) groups is 2. The van der Waals surface area contributed by atoms with Crippen molar-refractivity contribution >= 4 is 23.2 Å². The molecule has 1 aliphatic heterocycles.